The summed E-state index contributed by atoms with van der Waals surface area (Å²) < 4.78 is 9.70. The van der Waals surface area contributed by atoms with Crippen LogP contribution in [0.5, 0.6) is 0 Å². The fourth-order valence-electron chi connectivity index (χ4n) is 1.69. The summed E-state index contributed by atoms with van der Waals surface area (Å²) >= 11 is 0. The van der Waals surface area contributed by atoms with Gasteiger partial charge < -0.3 is 20.1 Å². The van der Waals surface area contributed by atoms with Crippen LogP contribution in [-0.4, -0.2) is 40.4 Å². The number of nitrogen functional groups attached to an aromatic ring is 1. The first-order chi connectivity index (χ1) is 8.60. The average molecular weight is 252 g/mol. The number of hydrogen-bond acceptors (Lipinski definition) is 5. The standard InChI is InChI=1S/C13H20N2O3/c1-15(7-4-8-17-2)12-9-10(13(16)18-3)5-6-11(12)14/h5-6,9H,4,7-8,14H2,1-3H3. The fraction of sp³-hybridized carbons (Fsp3) is 0.462. The van der Waals surface area contributed by atoms with Gasteiger partial charge in [-0.25, -0.2) is 4.79 Å². The Hall–Kier alpha value is -1.75. The van der Waals surface area contributed by atoms with E-state index >= 15 is 0 Å². The third kappa shape index (κ3) is 3.63. The Labute approximate surface area is 107 Å². The minimum Gasteiger partial charge on any atom is -0.465 e. The lowest BCUT2D eigenvalue weighted by Gasteiger charge is -2.21. The Bertz CT molecular complexity index is 407. The molecular weight excluding hydrogens is 232 g/mol. The summed E-state index contributed by atoms with van der Waals surface area (Å²) in [6.07, 6.45) is 0.898. The van der Waals surface area contributed by atoms with Crippen LogP contribution in [0.1, 0.15) is 16.8 Å². The van der Waals surface area contributed by atoms with Gasteiger partial charge in [-0.3, -0.25) is 0 Å². The molecule has 0 spiro atoms. The number of benzene rings is 1. The molecule has 5 heteroatoms. The second kappa shape index (κ2) is 6.86. The normalized spacial score (nSPS) is 10.2. The largest absolute Gasteiger partial charge is 0.465 e. The molecule has 0 aliphatic carbocycles. The van der Waals surface area contributed by atoms with Gasteiger partial charge in [0.25, 0.3) is 0 Å². The van der Waals surface area contributed by atoms with Crippen LogP contribution in [0.2, 0.25) is 0 Å². The van der Waals surface area contributed by atoms with Gasteiger partial charge in [0.05, 0.1) is 24.0 Å². The van der Waals surface area contributed by atoms with Crippen molar-refractivity contribution >= 4 is 17.3 Å². The van der Waals surface area contributed by atoms with Gasteiger partial charge in [0.15, 0.2) is 0 Å². The Morgan fingerprint density at radius 2 is 2.11 bits per heavy atom. The number of carbonyl (C=O) groups excluding carboxylic acids is 1. The summed E-state index contributed by atoms with van der Waals surface area (Å²) in [5, 5.41) is 0. The molecule has 0 aromatic heterocycles. The lowest BCUT2D eigenvalue weighted by atomic mass is 10.1. The molecule has 1 aromatic carbocycles. The van der Waals surface area contributed by atoms with E-state index in [0.717, 1.165) is 18.7 Å². The molecule has 0 aliphatic heterocycles. The molecule has 0 unspecified atom stereocenters. The molecular formula is C13H20N2O3. The predicted octanol–water partition coefficient (Wildman–Crippen LogP) is 1.53. The summed E-state index contributed by atoms with van der Waals surface area (Å²) in [5.41, 5.74) is 7.88. The highest BCUT2D eigenvalue weighted by Crippen LogP contribution is 2.24. The molecule has 18 heavy (non-hydrogen) atoms. The third-order valence-corrected chi connectivity index (χ3v) is 2.70. The average Bonchev–Trinajstić information content (AvgIpc) is 2.38. The maximum atomic E-state index is 11.5. The highest BCUT2D eigenvalue weighted by atomic mass is 16.5. The molecule has 0 saturated heterocycles. The molecule has 0 radical (unpaired) electrons. The summed E-state index contributed by atoms with van der Waals surface area (Å²) in [6, 6.07) is 5.12. The smallest absolute Gasteiger partial charge is 0.337 e. The molecule has 5 nitrogen and oxygen atoms in total. The van der Waals surface area contributed by atoms with Crippen LogP contribution in [0.15, 0.2) is 18.2 Å². The zero-order chi connectivity index (χ0) is 13.5. The Morgan fingerprint density at radius 1 is 1.39 bits per heavy atom. The first kappa shape index (κ1) is 14.3. The number of nitrogens with two attached hydrogens (primary N) is 1. The van der Waals surface area contributed by atoms with Crippen LogP contribution >= 0.6 is 0 Å². The molecule has 1 aromatic rings. The van der Waals surface area contributed by atoms with Crippen molar-refractivity contribution in [3.05, 3.63) is 23.8 Å². The van der Waals surface area contributed by atoms with Gasteiger partial charge in [0.2, 0.25) is 0 Å². The highest BCUT2D eigenvalue weighted by Gasteiger charge is 2.11. The number of ether oxygens (including phenoxy) is 2. The van der Waals surface area contributed by atoms with Crippen molar-refractivity contribution in [2.45, 2.75) is 6.42 Å². The van der Waals surface area contributed by atoms with Crippen LogP contribution in [0, 0.1) is 0 Å². The monoisotopic (exact) mass is 252 g/mol. The zero-order valence-electron chi connectivity index (χ0n) is 11.1. The molecule has 0 fully saturated rings. The molecule has 0 bridgehead atoms. The summed E-state index contributed by atoms with van der Waals surface area (Å²) in [4.78, 5) is 13.5. The molecule has 0 saturated carbocycles. The van der Waals surface area contributed by atoms with Crippen LogP contribution in [0.25, 0.3) is 0 Å². The summed E-state index contributed by atoms with van der Waals surface area (Å²) in [5.74, 6) is -0.360. The van der Waals surface area contributed by atoms with E-state index in [1.165, 1.54) is 7.11 Å². The van der Waals surface area contributed by atoms with Crippen LogP contribution in [0.4, 0.5) is 11.4 Å². The SMILES string of the molecule is COCCCN(C)c1cc(C(=O)OC)ccc1N. The lowest BCUT2D eigenvalue weighted by Crippen LogP contribution is -2.21. The molecule has 0 aliphatic rings. The van der Waals surface area contributed by atoms with Crippen molar-refractivity contribution in [1.29, 1.82) is 0 Å². The molecule has 2 N–H and O–H groups in total. The van der Waals surface area contributed by atoms with E-state index in [-0.39, 0.29) is 5.97 Å². The Morgan fingerprint density at radius 3 is 2.72 bits per heavy atom. The van der Waals surface area contributed by atoms with Crippen molar-refractivity contribution in [3.63, 3.8) is 0 Å². The van der Waals surface area contributed by atoms with Crippen molar-refractivity contribution in [1.82, 2.24) is 0 Å². The van der Waals surface area contributed by atoms with Gasteiger partial charge in [-0.1, -0.05) is 0 Å². The lowest BCUT2D eigenvalue weighted by molar-refractivity contribution is 0.0601. The van der Waals surface area contributed by atoms with Crippen LogP contribution in [-0.2, 0) is 9.47 Å². The molecule has 0 atom stereocenters. The van der Waals surface area contributed by atoms with Gasteiger partial charge in [0, 0.05) is 27.3 Å². The molecule has 1 rings (SSSR count). The number of anilines is 2. The second-order valence-electron chi connectivity index (χ2n) is 4.03. The third-order valence-electron chi connectivity index (χ3n) is 2.70. The molecule has 100 valence electrons. The maximum Gasteiger partial charge on any atom is 0.337 e. The summed E-state index contributed by atoms with van der Waals surface area (Å²) in [7, 11) is 4.97. The highest BCUT2D eigenvalue weighted by molar-refractivity contribution is 5.92. The minimum atomic E-state index is -0.360. The number of methoxy groups -OCH3 is 2. The number of carbonyl (C=O) groups is 1. The van der Waals surface area contributed by atoms with E-state index < -0.39 is 0 Å². The predicted molar refractivity (Wildman–Crippen MR) is 72.0 cm³/mol. The maximum absolute atomic E-state index is 11.5. The van der Waals surface area contributed by atoms with E-state index in [2.05, 4.69) is 0 Å². The fourth-order valence-corrected chi connectivity index (χ4v) is 1.69. The Balaban J connectivity index is 2.82. The first-order valence-corrected chi connectivity index (χ1v) is 5.78. The topological polar surface area (TPSA) is 64.8 Å². The van der Waals surface area contributed by atoms with E-state index in [9.17, 15) is 4.79 Å². The van der Waals surface area contributed by atoms with Gasteiger partial charge in [-0.2, -0.15) is 0 Å². The van der Waals surface area contributed by atoms with Gasteiger partial charge in [0.1, 0.15) is 0 Å². The van der Waals surface area contributed by atoms with Gasteiger partial charge >= 0.3 is 5.97 Å². The molecule has 0 heterocycles. The van der Waals surface area contributed by atoms with E-state index in [1.807, 2.05) is 11.9 Å². The van der Waals surface area contributed by atoms with Crippen molar-refractivity contribution < 1.29 is 14.3 Å². The van der Waals surface area contributed by atoms with Crippen molar-refractivity contribution in [2.24, 2.45) is 0 Å². The quantitative estimate of drug-likeness (QED) is 0.472. The number of hydrogen-bond donors (Lipinski definition) is 1. The number of rotatable bonds is 6. The second-order valence-corrected chi connectivity index (χ2v) is 4.03. The van der Waals surface area contributed by atoms with Crippen LogP contribution < -0.4 is 10.6 Å². The van der Waals surface area contributed by atoms with Crippen molar-refractivity contribution in [3.8, 4) is 0 Å². The van der Waals surface area contributed by atoms with E-state index in [4.69, 9.17) is 15.2 Å². The first-order valence-electron chi connectivity index (χ1n) is 5.78. The van der Waals surface area contributed by atoms with Crippen LogP contribution in [0.3, 0.4) is 0 Å². The zero-order valence-corrected chi connectivity index (χ0v) is 11.1. The van der Waals surface area contributed by atoms with Gasteiger partial charge in [-0.05, 0) is 24.6 Å². The van der Waals surface area contributed by atoms with Gasteiger partial charge in [-0.15, -0.1) is 0 Å². The van der Waals surface area contributed by atoms with Crippen molar-refractivity contribution in [2.75, 3.05) is 45.1 Å². The number of esters is 1. The minimum absolute atomic E-state index is 0.360. The number of nitrogens with zero attached hydrogens (tertiary/aromatic N) is 1. The molecule has 0 amide bonds. The summed E-state index contributed by atoms with van der Waals surface area (Å²) in [6.45, 7) is 1.50. The Kier molecular flexibility index (Phi) is 5.45. The van der Waals surface area contributed by atoms with E-state index in [1.54, 1.807) is 25.3 Å². The van der Waals surface area contributed by atoms with E-state index in [0.29, 0.717) is 17.9 Å².